The number of nitrogens with two attached hydrogens (primary N) is 1. The van der Waals surface area contributed by atoms with Gasteiger partial charge in [0.2, 0.25) is 0 Å². The summed E-state index contributed by atoms with van der Waals surface area (Å²) in [5.74, 6) is 0.905. The predicted molar refractivity (Wildman–Crippen MR) is 85.3 cm³/mol. The highest BCUT2D eigenvalue weighted by molar-refractivity contribution is 5.55. The Morgan fingerprint density at radius 2 is 1.90 bits per heavy atom. The van der Waals surface area contributed by atoms with Crippen LogP contribution in [0.5, 0.6) is 5.75 Å². The van der Waals surface area contributed by atoms with Gasteiger partial charge in [-0.2, -0.15) is 0 Å². The van der Waals surface area contributed by atoms with Crippen LogP contribution in [0.15, 0.2) is 42.5 Å². The summed E-state index contributed by atoms with van der Waals surface area (Å²) >= 11 is 0. The van der Waals surface area contributed by atoms with Crippen LogP contribution in [0.2, 0.25) is 0 Å². The van der Waals surface area contributed by atoms with Crippen molar-refractivity contribution in [2.24, 2.45) is 0 Å². The summed E-state index contributed by atoms with van der Waals surface area (Å²) in [6, 6.07) is 14.2. The van der Waals surface area contributed by atoms with Gasteiger partial charge < -0.3 is 15.4 Å². The first-order chi connectivity index (χ1) is 9.61. The van der Waals surface area contributed by atoms with Gasteiger partial charge in [-0.05, 0) is 43.7 Å². The maximum atomic E-state index is 5.89. The molecule has 0 bridgehead atoms. The smallest absolute Gasteiger partial charge is 0.124 e. The van der Waals surface area contributed by atoms with Crippen LogP contribution in [0.1, 0.15) is 18.1 Å². The predicted octanol–water partition coefficient (Wildman–Crippen LogP) is 3.61. The third kappa shape index (κ3) is 3.23. The zero-order chi connectivity index (χ0) is 14.5. The molecule has 0 aromatic heterocycles. The minimum atomic E-state index is 0.658. The molecule has 0 atom stereocenters. The number of aryl methyl sites for hydroxylation is 1. The molecule has 106 valence electrons. The average molecular weight is 270 g/mol. The quantitative estimate of drug-likeness (QED) is 0.843. The van der Waals surface area contributed by atoms with E-state index in [2.05, 4.69) is 43.1 Å². The van der Waals surface area contributed by atoms with Crippen LogP contribution in [0.4, 0.5) is 11.4 Å². The minimum absolute atomic E-state index is 0.658. The number of para-hydroxylation sites is 1. The molecule has 0 aliphatic rings. The van der Waals surface area contributed by atoms with Gasteiger partial charge in [0.15, 0.2) is 0 Å². The molecule has 0 aliphatic heterocycles. The monoisotopic (exact) mass is 270 g/mol. The van der Waals surface area contributed by atoms with Crippen LogP contribution in [0.3, 0.4) is 0 Å². The molecule has 0 saturated heterocycles. The molecule has 3 nitrogen and oxygen atoms in total. The second-order valence-corrected chi connectivity index (χ2v) is 4.94. The molecule has 0 aliphatic carbocycles. The summed E-state index contributed by atoms with van der Waals surface area (Å²) in [6.45, 7) is 5.54. The molecule has 2 aromatic carbocycles. The molecule has 0 unspecified atom stereocenters. The van der Waals surface area contributed by atoms with Crippen molar-refractivity contribution < 1.29 is 4.74 Å². The fourth-order valence-electron chi connectivity index (χ4n) is 2.35. The van der Waals surface area contributed by atoms with Gasteiger partial charge in [0, 0.05) is 30.5 Å². The van der Waals surface area contributed by atoms with E-state index >= 15 is 0 Å². The maximum absolute atomic E-state index is 5.89. The lowest BCUT2D eigenvalue weighted by Gasteiger charge is -2.23. The van der Waals surface area contributed by atoms with Gasteiger partial charge in [-0.25, -0.2) is 0 Å². The van der Waals surface area contributed by atoms with Crippen molar-refractivity contribution in [1.29, 1.82) is 0 Å². The van der Waals surface area contributed by atoms with Crippen molar-refractivity contribution in [2.75, 3.05) is 24.3 Å². The number of hydrogen-bond acceptors (Lipinski definition) is 3. The first-order valence-electron chi connectivity index (χ1n) is 6.89. The van der Waals surface area contributed by atoms with Gasteiger partial charge in [-0.15, -0.1) is 0 Å². The number of hydrogen-bond donors (Lipinski definition) is 1. The third-order valence-electron chi connectivity index (χ3n) is 3.32. The number of ether oxygens (including phenoxy) is 1. The topological polar surface area (TPSA) is 38.5 Å². The van der Waals surface area contributed by atoms with Gasteiger partial charge in [-0.3, -0.25) is 0 Å². The molecule has 0 saturated carbocycles. The third-order valence-corrected chi connectivity index (χ3v) is 3.32. The number of anilines is 2. The fourth-order valence-corrected chi connectivity index (χ4v) is 2.35. The second kappa shape index (κ2) is 6.33. The Bertz CT molecular complexity index is 581. The van der Waals surface area contributed by atoms with E-state index < -0.39 is 0 Å². The number of nitrogens with zero attached hydrogens (tertiary/aromatic N) is 1. The van der Waals surface area contributed by atoms with Crippen molar-refractivity contribution in [3.05, 3.63) is 53.6 Å². The molecule has 3 heteroatoms. The van der Waals surface area contributed by atoms with E-state index in [0.717, 1.165) is 23.5 Å². The summed E-state index contributed by atoms with van der Waals surface area (Å²) in [7, 11) is 2.08. The van der Waals surface area contributed by atoms with E-state index in [1.165, 1.54) is 11.3 Å². The van der Waals surface area contributed by atoms with Crippen molar-refractivity contribution in [1.82, 2.24) is 0 Å². The van der Waals surface area contributed by atoms with Crippen LogP contribution in [-0.2, 0) is 6.54 Å². The lowest BCUT2D eigenvalue weighted by molar-refractivity contribution is 0.336. The normalized spacial score (nSPS) is 10.3. The average Bonchev–Trinajstić information content (AvgIpc) is 2.42. The molecular weight excluding hydrogens is 248 g/mol. The van der Waals surface area contributed by atoms with E-state index in [1.807, 2.05) is 25.1 Å². The van der Waals surface area contributed by atoms with Crippen LogP contribution < -0.4 is 15.4 Å². The molecule has 2 N–H and O–H groups in total. The fraction of sp³-hybridized carbons (Fsp3) is 0.294. The Labute approximate surface area is 121 Å². The first-order valence-corrected chi connectivity index (χ1v) is 6.89. The van der Waals surface area contributed by atoms with Crippen LogP contribution in [0, 0.1) is 6.92 Å². The minimum Gasteiger partial charge on any atom is -0.494 e. The van der Waals surface area contributed by atoms with Crippen LogP contribution in [0.25, 0.3) is 0 Å². The summed E-state index contributed by atoms with van der Waals surface area (Å²) in [4.78, 5) is 2.21. The highest BCUT2D eigenvalue weighted by Gasteiger charge is 2.09. The Morgan fingerprint density at radius 3 is 2.60 bits per heavy atom. The Kier molecular flexibility index (Phi) is 4.51. The second-order valence-electron chi connectivity index (χ2n) is 4.94. The van der Waals surface area contributed by atoms with Crippen molar-refractivity contribution >= 4 is 11.4 Å². The van der Waals surface area contributed by atoms with E-state index in [9.17, 15) is 0 Å². The first kappa shape index (κ1) is 14.3. The summed E-state index contributed by atoms with van der Waals surface area (Å²) in [5, 5.41) is 0. The lowest BCUT2D eigenvalue weighted by Crippen LogP contribution is -2.18. The van der Waals surface area contributed by atoms with Gasteiger partial charge in [0.05, 0.1) is 6.61 Å². The molecule has 20 heavy (non-hydrogen) atoms. The van der Waals surface area contributed by atoms with Crippen molar-refractivity contribution in [3.8, 4) is 5.75 Å². The zero-order valence-corrected chi connectivity index (χ0v) is 12.4. The largest absolute Gasteiger partial charge is 0.494 e. The lowest BCUT2D eigenvalue weighted by atomic mass is 10.1. The molecule has 2 rings (SSSR count). The number of rotatable bonds is 5. The van der Waals surface area contributed by atoms with E-state index in [-0.39, 0.29) is 0 Å². The molecule has 0 heterocycles. The van der Waals surface area contributed by atoms with Gasteiger partial charge in [0.1, 0.15) is 5.75 Å². The van der Waals surface area contributed by atoms with E-state index in [1.54, 1.807) is 0 Å². The SMILES string of the molecule is CCOc1ccc(N)cc1CN(C)c1ccccc1C. The zero-order valence-electron chi connectivity index (χ0n) is 12.4. The molecular formula is C17H22N2O. The summed E-state index contributed by atoms with van der Waals surface area (Å²) in [5.41, 5.74) is 10.2. The Morgan fingerprint density at radius 1 is 1.15 bits per heavy atom. The van der Waals surface area contributed by atoms with Gasteiger partial charge >= 0.3 is 0 Å². The number of benzene rings is 2. The van der Waals surface area contributed by atoms with Crippen LogP contribution >= 0.6 is 0 Å². The Hall–Kier alpha value is -2.16. The molecule has 0 fully saturated rings. The molecule has 0 spiro atoms. The highest BCUT2D eigenvalue weighted by Crippen LogP contribution is 2.26. The Balaban J connectivity index is 2.25. The summed E-state index contributed by atoms with van der Waals surface area (Å²) < 4.78 is 5.68. The van der Waals surface area contributed by atoms with Gasteiger partial charge in [0.25, 0.3) is 0 Å². The molecule has 0 radical (unpaired) electrons. The summed E-state index contributed by atoms with van der Waals surface area (Å²) in [6.07, 6.45) is 0. The number of nitrogen functional groups attached to an aromatic ring is 1. The van der Waals surface area contributed by atoms with Crippen LogP contribution in [-0.4, -0.2) is 13.7 Å². The molecule has 2 aromatic rings. The maximum Gasteiger partial charge on any atom is 0.124 e. The van der Waals surface area contributed by atoms with Crippen molar-refractivity contribution in [2.45, 2.75) is 20.4 Å². The van der Waals surface area contributed by atoms with Gasteiger partial charge in [-0.1, -0.05) is 18.2 Å². The highest BCUT2D eigenvalue weighted by atomic mass is 16.5. The van der Waals surface area contributed by atoms with Crippen molar-refractivity contribution in [3.63, 3.8) is 0 Å². The standard InChI is InChI=1S/C17H22N2O/c1-4-20-17-10-9-15(18)11-14(17)12-19(3)16-8-6-5-7-13(16)2/h5-11H,4,12,18H2,1-3H3. The van der Waals surface area contributed by atoms with E-state index in [4.69, 9.17) is 10.5 Å². The molecule has 0 amide bonds. The van der Waals surface area contributed by atoms with E-state index in [0.29, 0.717) is 6.61 Å².